The van der Waals surface area contributed by atoms with Gasteiger partial charge in [-0.2, -0.15) is 0 Å². The standard InChI is InChI=1S/C20H21N3O/c1-14-18(17-9-6-11-22-13-17)19(20(21)24)15(2)23(14)12-10-16-7-4-3-5-8-16/h3-9,11,13H,10,12H2,1-2H3,(H2,21,24). The zero-order valence-electron chi connectivity index (χ0n) is 14.0. The summed E-state index contributed by atoms with van der Waals surface area (Å²) in [5.74, 6) is -0.395. The lowest BCUT2D eigenvalue weighted by atomic mass is 10.0. The van der Waals surface area contributed by atoms with Gasteiger partial charge in [0, 0.05) is 41.5 Å². The van der Waals surface area contributed by atoms with Crippen molar-refractivity contribution in [1.82, 2.24) is 9.55 Å². The number of nitrogens with zero attached hydrogens (tertiary/aromatic N) is 2. The summed E-state index contributed by atoms with van der Waals surface area (Å²) in [7, 11) is 0. The van der Waals surface area contributed by atoms with Gasteiger partial charge < -0.3 is 10.3 Å². The summed E-state index contributed by atoms with van der Waals surface area (Å²) in [5.41, 5.74) is 11.3. The average molecular weight is 319 g/mol. The monoisotopic (exact) mass is 319 g/mol. The van der Waals surface area contributed by atoms with Gasteiger partial charge in [0.25, 0.3) is 5.91 Å². The molecule has 2 heterocycles. The Morgan fingerprint density at radius 3 is 2.46 bits per heavy atom. The predicted octanol–water partition coefficient (Wildman–Crippen LogP) is 3.51. The van der Waals surface area contributed by atoms with Crippen molar-refractivity contribution in [2.75, 3.05) is 0 Å². The van der Waals surface area contributed by atoms with E-state index < -0.39 is 5.91 Å². The molecule has 0 saturated heterocycles. The van der Waals surface area contributed by atoms with Gasteiger partial charge in [-0.15, -0.1) is 0 Å². The molecule has 0 aliphatic rings. The highest BCUT2D eigenvalue weighted by molar-refractivity contribution is 6.02. The number of benzene rings is 1. The second-order valence-corrected chi connectivity index (χ2v) is 5.91. The molecule has 3 rings (SSSR count). The van der Waals surface area contributed by atoms with Crippen molar-refractivity contribution in [3.05, 3.63) is 77.4 Å². The van der Waals surface area contributed by atoms with E-state index in [1.165, 1.54) is 5.56 Å². The maximum atomic E-state index is 12.0. The van der Waals surface area contributed by atoms with E-state index in [4.69, 9.17) is 5.73 Å². The zero-order chi connectivity index (χ0) is 17.1. The van der Waals surface area contributed by atoms with Crippen molar-refractivity contribution in [3.63, 3.8) is 0 Å². The molecular formula is C20H21N3O. The van der Waals surface area contributed by atoms with Crippen LogP contribution in [-0.4, -0.2) is 15.5 Å². The first kappa shape index (κ1) is 16.0. The maximum absolute atomic E-state index is 12.0. The molecule has 0 aliphatic carbocycles. The molecule has 0 atom stereocenters. The minimum atomic E-state index is -0.395. The summed E-state index contributed by atoms with van der Waals surface area (Å²) in [6, 6.07) is 14.2. The maximum Gasteiger partial charge on any atom is 0.251 e. The summed E-state index contributed by atoms with van der Waals surface area (Å²) in [6.45, 7) is 4.80. The van der Waals surface area contributed by atoms with E-state index in [9.17, 15) is 4.79 Å². The first-order valence-corrected chi connectivity index (χ1v) is 8.03. The second-order valence-electron chi connectivity index (χ2n) is 5.91. The normalized spacial score (nSPS) is 10.8. The van der Waals surface area contributed by atoms with Gasteiger partial charge in [-0.1, -0.05) is 36.4 Å². The minimum Gasteiger partial charge on any atom is -0.366 e. The Labute approximate surface area is 142 Å². The van der Waals surface area contributed by atoms with Gasteiger partial charge in [-0.3, -0.25) is 9.78 Å². The molecule has 2 N–H and O–H groups in total. The van der Waals surface area contributed by atoms with Gasteiger partial charge in [0.05, 0.1) is 5.56 Å². The smallest absolute Gasteiger partial charge is 0.251 e. The number of carbonyl (C=O) groups excluding carboxylic acids is 1. The number of nitrogens with two attached hydrogens (primary N) is 1. The lowest BCUT2D eigenvalue weighted by Crippen LogP contribution is -2.13. The van der Waals surface area contributed by atoms with Crippen molar-refractivity contribution in [1.29, 1.82) is 0 Å². The van der Waals surface area contributed by atoms with Crippen LogP contribution in [-0.2, 0) is 13.0 Å². The molecule has 0 bridgehead atoms. The van der Waals surface area contributed by atoms with Crippen molar-refractivity contribution >= 4 is 5.91 Å². The summed E-state index contributed by atoms with van der Waals surface area (Å²) < 4.78 is 2.18. The fraction of sp³-hybridized carbons (Fsp3) is 0.200. The van der Waals surface area contributed by atoms with Crippen LogP contribution in [0.2, 0.25) is 0 Å². The van der Waals surface area contributed by atoms with Crippen molar-refractivity contribution in [2.45, 2.75) is 26.8 Å². The molecule has 122 valence electrons. The lowest BCUT2D eigenvalue weighted by Gasteiger charge is -2.10. The number of hydrogen-bond acceptors (Lipinski definition) is 2. The third-order valence-corrected chi connectivity index (χ3v) is 4.45. The molecular weight excluding hydrogens is 298 g/mol. The topological polar surface area (TPSA) is 60.9 Å². The van der Waals surface area contributed by atoms with Crippen LogP contribution in [0, 0.1) is 13.8 Å². The number of pyridine rings is 1. The molecule has 24 heavy (non-hydrogen) atoms. The first-order valence-electron chi connectivity index (χ1n) is 8.03. The molecule has 1 amide bonds. The van der Waals surface area contributed by atoms with Gasteiger partial charge in [0.15, 0.2) is 0 Å². The molecule has 0 saturated carbocycles. The van der Waals surface area contributed by atoms with Crippen LogP contribution in [0.1, 0.15) is 27.3 Å². The van der Waals surface area contributed by atoms with Crippen molar-refractivity contribution in [2.24, 2.45) is 5.73 Å². The van der Waals surface area contributed by atoms with Gasteiger partial charge in [-0.25, -0.2) is 0 Å². The molecule has 4 heteroatoms. The number of amides is 1. The highest BCUT2D eigenvalue weighted by Gasteiger charge is 2.22. The molecule has 0 radical (unpaired) electrons. The average Bonchev–Trinajstić information content (AvgIpc) is 2.85. The van der Waals surface area contributed by atoms with E-state index in [0.29, 0.717) is 5.56 Å². The second kappa shape index (κ2) is 6.71. The fourth-order valence-electron chi connectivity index (χ4n) is 3.27. The molecule has 4 nitrogen and oxygen atoms in total. The number of aromatic nitrogens is 2. The molecule has 0 aliphatic heterocycles. The largest absolute Gasteiger partial charge is 0.366 e. The molecule has 3 aromatic rings. The number of hydrogen-bond donors (Lipinski definition) is 1. The van der Waals surface area contributed by atoms with E-state index in [2.05, 4.69) is 21.7 Å². The highest BCUT2D eigenvalue weighted by Crippen LogP contribution is 2.31. The Balaban J connectivity index is 2.03. The predicted molar refractivity (Wildman–Crippen MR) is 95.8 cm³/mol. The van der Waals surface area contributed by atoms with Crippen LogP contribution < -0.4 is 5.73 Å². The molecule has 0 fully saturated rings. The molecule has 0 spiro atoms. The fourth-order valence-corrected chi connectivity index (χ4v) is 3.27. The Morgan fingerprint density at radius 2 is 1.83 bits per heavy atom. The third kappa shape index (κ3) is 2.95. The Bertz CT molecular complexity index is 852. The van der Waals surface area contributed by atoms with Crippen molar-refractivity contribution in [3.8, 4) is 11.1 Å². The van der Waals surface area contributed by atoms with E-state index >= 15 is 0 Å². The molecule has 0 unspecified atom stereocenters. The van der Waals surface area contributed by atoms with Crippen LogP contribution in [0.3, 0.4) is 0 Å². The SMILES string of the molecule is Cc1c(C(N)=O)c(-c2cccnc2)c(C)n1CCc1ccccc1. The van der Waals surface area contributed by atoms with E-state index in [1.54, 1.807) is 12.4 Å². The first-order chi connectivity index (χ1) is 11.6. The number of carbonyl (C=O) groups is 1. The third-order valence-electron chi connectivity index (χ3n) is 4.45. The van der Waals surface area contributed by atoms with E-state index in [-0.39, 0.29) is 0 Å². The minimum absolute atomic E-state index is 0.395. The summed E-state index contributed by atoms with van der Waals surface area (Å²) >= 11 is 0. The quantitative estimate of drug-likeness (QED) is 0.782. The highest BCUT2D eigenvalue weighted by atomic mass is 16.1. The number of primary amides is 1. The summed E-state index contributed by atoms with van der Waals surface area (Å²) in [5, 5.41) is 0. The van der Waals surface area contributed by atoms with Gasteiger partial charge in [0.1, 0.15) is 0 Å². The number of aryl methyl sites for hydroxylation is 1. The summed E-state index contributed by atoms with van der Waals surface area (Å²) in [4.78, 5) is 16.2. The molecule has 2 aromatic heterocycles. The van der Waals surface area contributed by atoms with Crippen LogP contribution in [0.4, 0.5) is 0 Å². The zero-order valence-corrected chi connectivity index (χ0v) is 14.0. The lowest BCUT2D eigenvalue weighted by molar-refractivity contribution is 0.1000. The van der Waals surface area contributed by atoms with Gasteiger partial charge in [-0.05, 0) is 31.9 Å². The Hall–Kier alpha value is -2.88. The van der Waals surface area contributed by atoms with Gasteiger partial charge >= 0.3 is 0 Å². The van der Waals surface area contributed by atoms with Gasteiger partial charge in [0.2, 0.25) is 0 Å². The van der Waals surface area contributed by atoms with E-state index in [0.717, 1.165) is 35.5 Å². The van der Waals surface area contributed by atoms with Crippen LogP contribution in [0.25, 0.3) is 11.1 Å². The van der Waals surface area contributed by atoms with Crippen LogP contribution >= 0.6 is 0 Å². The van der Waals surface area contributed by atoms with E-state index in [1.807, 2.05) is 44.2 Å². The molecule has 1 aromatic carbocycles. The Morgan fingerprint density at radius 1 is 1.08 bits per heavy atom. The van der Waals surface area contributed by atoms with Crippen LogP contribution in [0.5, 0.6) is 0 Å². The summed E-state index contributed by atoms with van der Waals surface area (Å²) in [6.07, 6.45) is 4.40. The number of rotatable bonds is 5. The van der Waals surface area contributed by atoms with Crippen molar-refractivity contribution < 1.29 is 4.79 Å². The van der Waals surface area contributed by atoms with Crippen LogP contribution in [0.15, 0.2) is 54.9 Å². The Kier molecular flexibility index (Phi) is 4.47.